The van der Waals surface area contributed by atoms with Crippen molar-refractivity contribution in [2.24, 2.45) is 0 Å². The molecule has 0 fully saturated rings. The topological polar surface area (TPSA) is 30.0 Å². The van der Waals surface area contributed by atoms with Crippen LogP contribution in [0.1, 0.15) is 10.4 Å². The molecule has 0 aliphatic rings. The van der Waals surface area contributed by atoms with Crippen LogP contribution in [-0.4, -0.2) is 10.2 Å². The Labute approximate surface area is 114 Å². The third kappa shape index (κ3) is 4.73. The highest BCUT2D eigenvalue weighted by Gasteiger charge is 2.10. The lowest BCUT2D eigenvalue weighted by atomic mass is 10.2. The van der Waals surface area contributed by atoms with Crippen molar-refractivity contribution >= 4 is 40.0 Å². The first-order valence-corrected chi connectivity index (χ1v) is 5.75. The molecule has 0 bridgehead atoms. The summed E-state index contributed by atoms with van der Waals surface area (Å²) < 4.78 is 0. The monoisotopic (exact) mass is 287 g/mol. The van der Waals surface area contributed by atoms with Crippen LogP contribution in [0.25, 0.3) is 0 Å². The molecule has 0 saturated carbocycles. The maximum Gasteiger partial charge on any atom is 0.255 e. The van der Waals surface area contributed by atoms with E-state index >= 15 is 0 Å². The lowest BCUT2D eigenvalue weighted by molar-refractivity contribution is 0.108. The van der Waals surface area contributed by atoms with Crippen molar-refractivity contribution in [3.05, 3.63) is 64.4 Å². The molecule has 0 spiro atoms. The highest BCUT2D eigenvalue weighted by Crippen LogP contribution is 2.25. The molecule has 2 nitrogen and oxygen atoms in total. The second-order valence-corrected chi connectivity index (χ2v) is 4.05. The number of hydrogen-bond acceptors (Lipinski definition) is 2. The zero-order valence-electron chi connectivity index (χ0n) is 8.61. The van der Waals surface area contributed by atoms with Crippen LogP contribution in [0.2, 0.25) is 10.0 Å². The molecule has 0 saturated heterocycles. The minimum Gasteiger partial charge on any atom is -0.275 e. The van der Waals surface area contributed by atoms with Gasteiger partial charge in [0.25, 0.3) is 5.24 Å². The van der Waals surface area contributed by atoms with Crippen molar-refractivity contribution in [3.63, 3.8) is 0 Å². The van der Waals surface area contributed by atoms with Crippen LogP contribution < -0.4 is 0 Å². The first kappa shape index (κ1) is 14.0. The number of rotatable bonds is 1. The highest BCUT2D eigenvalue weighted by atomic mass is 35.5. The van der Waals surface area contributed by atoms with Gasteiger partial charge < -0.3 is 0 Å². The van der Waals surface area contributed by atoms with Gasteiger partial charge in [0.05, 0.1) is 15.6 Å². The molecule has 5 heteroatoms. The summed E-state index contributed by atoms with van der Waals surface area (Å²) in [6, 6.07) is 10.5. The average Bonchev–Trinajstić information content (AvgIpc) is 2.31. The quantitative estimate of drug-likeness (QED) is 0.725. The first-order chi connectivity index (χ1) is 8.13. The lowest BCUT2D eigenvalue weighted by Crippen LogP contribution is -1.90. The van der Waals surface area contributed by atoms with Gasteiger partial charge >= 0.3 is 0 Å². The van der Waals surface area contributed by atoms with E-state index < -0.39 is 5.24 Å². The van der Waals surface area contributed by atoms with Gasteiger partial charge in [-0.25, -0.2) is 0 Å². The van der Waals surface area contributed by atoms with Crippen molar-refractivity contribution in [1.29, 1.82) is 0 Å². The van der Waals surface area contributed by atoms with Gasteiger partial charge in [-0.3, -0.25) is 9.78 Å². The lowest BCUT2D eigenvalue weighted by Gasteiger charge is -1.98. The van der Waals surface area contributed by atoms with E-state index in [4.69, 9.17) is 34.8 Å². The number of carbonyl (C=O) groups is 1. The van der Waals surface area contributed by atoms with Crippen LogP contribution >= 0.6 is 34.8 Å². The van der Waals surface area contributed by atoms with Crippen LogP contribution in [0.4, 0.5) is 0 Å². The van der Waals surface area contributed by atoms with E-state index in [1.165, 1.54) is 0 Å². The Morgan fingerprint density at radius 3 is 1.71 bits per heavy atom. The molecule has 0 radical (unpaired) electrons. The Kier molecular flexibility index (Phi) is 5.98. The number of pyridine rings is 1. The van der Waals surface area contributed by atoms with Gasteiger partial charge in [0, 0.05) is 12.4 Å². The van der Waals surface area contributed by atoms with E-state index in [1.807, 2.05) is 18.2 Å². The molecule has 1 heterocycles. The molecule has 1 aromatic heterocycles. The third-order valence-corrected chi connectivity index (χ3v) is 2.54. The first-order valence-electron chi connectivity index (χ1n) is 4.61. The number of carbonyl (C=O) groups excluding carboxylic acids is 1. The van der Waals surface area contributed by atoms with E-state index in [-0.39, 0.29) is 15.6 Å². The van der Waals surface area contributed by atoms with E-state index in [2.05, 4.69) is 4.98 Å². The van der Waals surface area contributed by atoms with Gasteiger partial charge in [-0.2, -0.15) is 0 Å². The predicted octanol–water partition coefficient (Wildman–Crippen LogP) is 4.45. The highest BCUT2D eigenvalue weighted by molar-refractivity contribution is 6.69. The molecule has 0 atom stereocenters. The van der Waals surface area contributed by atoms with Gasteiger partial charge in [-0.05, 0) is 35.9 Å². The van der Waals surface area contributed by atoms with Gasteiger partial charge in [0.2, 0.25) is 0 Å². The Balaban J connectivity index is 0.000000202. The molecule has 88 valence electrons. The van der Waals surface area contributed by atoms with E-state index in [0.29, 0.717) is 0 Å². The molecule has 0 amide bonds. The maximum absolute atomic E-state index is 10.7. The molecule has 0 aliphatic carbocycles. The van der Waals surface area contributed by atoms with Crippen molar-refractivity contribution < 1.29 is 4.79 Å². The largest absolute Gasteiger partial charge is 0.275 e. The summed E-state index contributed by atoms with van der Waals surface area (Å²) in [5.74, 6) is 0. The zero-order chi connectivity index (χ0) is 12.7. The number of nitrogens with zero attached hydrogens (tertiary/aromatic N) is 1. The molecule has 1 aromatic carbocycles. The fraction of sp³-hybridized carbons (Fsp3) is 0. The SMILES string of the molecule is O=C(Cl)c1c(Cl)cccc1Cl.c1ccncc1. The number of halogens is 3. The van der Waals surface area contributed by atoms with Crippen molar-refractivity contribution in [2.75, 3.05) is 0 Å². The molecule has 0 aliphatic heterocycles. The van der Waals surface area contributed by atoms with Crippen LogP contribution in [-0.2, 0) is 0 Å². The summed E-state index contributed by atoms with van der Waals surface area (Å²) in [6.07, 6.45) is 3.50. The minimum atomic E-state index is -0.638. The molecule has 0 unspecified atom stereocenters. The Hall–Kier alpha value is -1.09. The smallest absolute Gasteiger partial charge is 0.255 e. The second kappa shape index (κ2) is 7.28. The third-order valence-electron chi connectivity index (χ3n) is 1.73. The predicted molar refractivity (Wildman–Crippen MR) is 70.9 cm³/mol. The molecule has 2 rings (SSSR count). The van der Waals surface area contributed by atoms with Crippen molar-refractivity contribution in [2.45, 2.75) is 0 Å². The maximum atomic E-state index is 10.7. The summed E-state index contributed by atoms with van der Waals surface area (Å²) in [4.78, 5) is 14.5. The average molecular weight is 289 g/mol. The van der Waals surface area contributed by atoms with E-state index in [0.717, 1.165) is 0 Å². The number of aromatic nitrogens is 1. The number of benzene rings is 1. The van der Waals surface area contributed by atoms with Crippen molar-refractivity contribution in [1.82, 2.24) is 4.98 Å². The Bertz CT molecular complexity index is 441. The molecule has 17 heavy (non-hydrogen) atoms. The van der Waals surface area contributed by atoms with Gasteiger partial charge in [-0.15, -0.1) is 0 Å². The minimum absolute atomic E-state index is 0.164. The van der Waals surface area contributed by atoms with Crippen LogP contribution in [0.15, 0.2) is 48.8 Å². The summed E-state index contributed by atoms with van der Waals surface area (Å²) in [5, 5.41) is -0.0874. The second-order valence-electron chi connectivity index (χ2n) is 2.89. The summed E-state index contributed by atoms with van der Waals surface area (Å²) in [7, 11) is 0. The van der Waals surface area contributed by atoms with E-state index in [9.17, 15) is 4.79 Å². The molecule has 2 aromatic rings. The van der Waals surface area contributed by atoms with Gasteiger partial charge in [-0.1, -0.05) is 35.3 Å². The Morgan fingerprint density at radius 1 is 0.941 bits per heavy atom. The normalized spacial score (nSPS) is 9.12. The molecule has 0 N–H and O–H groups in total. The number of hydrogen-bond donors (Lipinski definition) is 0. The van der Waals surface area contributed by atoms with Gasteiger partial charge in [0.15, 0.2) is 0 Å². The van der Waals surface area contributed by atoms with E-state index in [1.54, 1.807) is 30.6 Å². The molecular formula is C12H8Cl3NO. The van der Waals surface area contributed by atoms with Crippen LogP contribution in [0.3, 0.4) is 0 Å². The van der Waals surface area contributed by atoms with Crippen molar-refractivity contribution in [3.8, 4) is 0 Å². The summed E-state index contributed by atoms with van der Waals surface area (Å²) in [6.45, 7) is 0. The summed E-state index contributed by atoms with van der Waals surface area (Å²) in [5.41, 5.74) is 0.164. The standard InChI is InChI=1S/C7H3Cl3O.C5H5N/c8-4-2-1-3-5(9)6(4)7(10)11;1-2-4-6-5-3-1/h1-3H;1-5H. The fourth-order valence-corrected chi connectivity index (χ4v) is 1.87. The zero-order valence-corrected chi connectivity index (χ0v) is 10.9. The van der Waals surface area contributed by atoms with Crippen LogP contribution in [0.5, 0.6) is 0 Å². The Morgan fingerprint density at radius 2 is 1.47 bits per heavy atom. The fourth-order valence-electron chi connectivity index (χ4n) is 0.998. The van der Waals surface area contributed by atoms with Crippen LogP contribution in [0, 0.1) is 0 Å². The van der Waals surface area contributed by atoms with Gasteiger partial charge in [0.1, 0.15) is 0 Å². The molecular weight excluding hydrogens is 280 g/mol. The summed E-state index contributed by atoms with van der Waals surface area (Å²) >= 11 is 16.5.